The number of hydrogen-bond acceptors (Lipinski definition) is 17. The van der Waals surface area contributed by atoms with Gasteiger partial charge in [0.25, 0.3) is 11.8 Å². The summed E-state index contributed by atoms with van der Waals surface area (Å²) in [6.45, 7) is 12.2. The fourth-order valence-electron chi connectivity index (χ4n) is 9.67. The van der Waals surface area contributed by atoms with E-state index in [1.54, 1.807) is 51.1 Å². The van der Waals surface area contributed by atoms with Crippen molar-refractivity contribution >= 4 is 76.6 Å². The minimum atomic E-state index is -1.50. The smallest absolute Gasteiger partial charge is 0.313 e. The van der Waals surface area contributed by atoms with E-state index in [2.05, 4.69) is 63.4 Å². The Balaban J connectivity index is 1.69. The van der Waals surface area contributed by atoms with Crippen LogP contribution in [0.3, 0.4) is 0 Å². The molecule has 1 aliphatic rings. The largest absolute Gasteiger partial charge is 0.508 e. The Kier molecular flexibility index (Phi) is 32.1. The van der Waals surface area contributed by atoms with E-state index in [1.165, 1.54) is 62.6 Å². The number of azo groups is 1. The highest BCUT2D eigenvalue weighted by Crippen LogP contribution is 2.24. The topological polar surface area (TPSA) is 457 Å². The first-order valence-corrected chi connectivity index (χ1v) is 31.6. The number of benzene rings is 3. The number of nitrogens with zero attached hydrogens (tertiary/aromatic N) is 2. The molecule has 0 saturated carbocycles. The van der Waals surface area contributed by atoms with Crippen LogP contribution in [0.2, 0.25) is 0 Å². The number of methoxy groups -OCH3 is 1. The van der Waals surface area contributed by atoms with Crippen LogP contribution in [0.5, 0.6) is 11.5 Å². The molecule has 0 fully saturated rings. The number of phenolic OH excluding ortho intramolecular Hbond substituents is 1. The summed E-state index contributed by atoms with van der Waals surface area (Å²) in [5.74, 6) is -11.9. The first-order chi connectivity index (χ1) is 44.7. The first-order valence-electron chi connectivity index (χ1n) is 31.6. The van der Waals surface area contributed by atoms with Crippen molar-refractivity contribution in [3.05, 3.63) is 102 Å². The molecule has 3 aromatic rings. The molecule has 3 aromatic carbocycles. The summed E-state index contributed by atoms with van der Waals surface area (Å²) in [6.07, 6.45) is 4.34. The van der Waals surface area contributed by atoms with Gasteiger partial charge < -0.3 is 80.2 Å². The lowest BCUT2D eigenvalue weighted by Crippen LogP contribution is -2.61. The lowest BCUT2D eigenvalue weighted by Gasteiger charge is -2.31. The van der Waals surface area contributed by atoms with Crippen molar-refractivity contribution in [1.82, 2.24) is 47.9 Å². The van der Waals surface area contributed by atoms with Crippen LogP contribution >= 0.6 is 0 Å². The van der Waals surface area contributed by atoms with Crippen LogP contribution in [0.1, 0.15) is 121 Å². The summed E-state index contributed by atoms with van der Waals surface area (Å²) < 4.78 is 5.31. The standard InChI is InChI=1S/C65H93N15O14/c1-9-37(5)52-62(90)75-49(33-40-18-12-11-13-19-40)61(89)74-48(32-36(3)4)59(87)70-31-17-21-46(68)57(85)80-79-55(83)44-35-42(25-28-51(44)94-8)72-64(92)65(93)76-50(34-41-23-26-43(81)27-24-41)60(88)73-47(22-14-15-29-66)58(86)69-30-16-20-45(67)56(84)71-39(7)54(82)77-53(38(6)10-2)63(91)78-52/h11-13,17-19,21,23-28,35-39,45-50,52-53,81H,9-10,14-16,20,22,29-34,66-68H2,1-8H3,(H,69,86)(H,70,87)(H,71,84)(H,72,92)(H,73,88)(H,74,89)(H,75,90)(H,76,93)(H,77,82)(H,78,91)/b21-17+,80-79?/t37-,38-,39-,45-,46-,47-,48-,49-,50-,52-,53-/m0/s1. The normalized spacial score (nSPS) is 24.1. The predicted octanol–water partition coefficient (Wildman–Crippen LogP) is 0.861. The van der Waals surface area contributed by atoms with Gasteiger partial charge in [-0.1, -0.05) is 109 Å². The molecule has 11 atom stereocenters. The van der Waals surface area contributed by atoms with Crippen molar-refractivity contribution in [2.45, 2.75) is 167 Å². The number of amides is 12. The van der Waals surface area contributed by atoms with E-state index >= 15 is 0 Å². The second-order valence-electron chi connectivity index (χ2n) is 23.6. The van der Waals surface area contributed by atoms with Crippen LogP contribution in [-0.2, 0) is 65.6 Å². The third kappa shape index (κ3) is 25.2. The molecule has 512 valence electrons. The Morgan fingerprint density at radius 2 is 1.18 bits per heavy atom. The average molecular weight is 1310 g/mol. The van der Waals surface area contributed by atoms with Gasteiger partial charge in [0.2, 0.25) is 47.3 Å². The van der Waals surface area contributed by atoms with Crippen LogP contribution in [0.25, 0.3) is 0 Å². The molecule has 0 saturated heterocycles. The first kappa shape index (κ1) is 77.0. The van der Waals surface area contributed by atoms with Gasteiger partial charge in [-0.15, -0.1) is 10.2 Å². The van der Waals surface area contributed by atoms with Gasteiger partial charge >= 0.3 is 11.8 Å². The summed E-state index contributed by atoms with van der Waals surface area (Å²) in [7, 11) is 1.23. The number of nitrogens with one attached hydrogen (secondary N) is 10. The molecule has 17 N–H and O–H groups in total. The number of aromatic hydroxyl groups is 1. The van der Waals surface area contributed by atoms with E-state index in [9.17, 15) is 62.6 Å². The lowest BCUT2D eigenvalue weighted by atomic mass is 9.94. The van der Waals surface area contributed by atoms with Crippen molar-refractivity contribution in [3.8, 4) is 11.5 Å². The molecule has 1 aliphatic heterocycles. The fourth-order valence-corrected chi connectivity index (χ4v) is 9.67. The molecule has 94 heavy (non-hydrogen) atoms. The van der Waals surface area contributed by atoms with Crippen LogP contribution in [0.15, 0.2) is 95.2 Å². The van der Waals surface area contributed by atoms with E-state index < -0.39 is 137 Å². The molecular formula is C65H93N15O14. The number of phenols is 1. The van der Waals surface area contributed by atoms with Crippen molar-refractivity contribution in [1.29, 1.82) is 0 Å². The summed E-state index contributed by atoms with van der Waals surface area (Å²) in [6, 6.07) is 6.68. The number of ether oxygens (including phenoxy) is 1. The maximum absolute atomic E-state index is 14.5. The van der Waals surface area contributed by atoms with Crippen LogP contribution < -0.4 is 75.1 Å². The molecule has 29 nitrogen and oxygen atoms in total. The minimum absolute atomic E-state index is 0.0133. The van der Waals surface area contributed by atoms with Gasteiger partial charge in [0.15, 0.2) is 0 Å². The average Bonchev–Trinajstić information content (AvgIpc) is 0.869. The third-order valence-electron chi connectivity index (χ3n) is 15.7. The molecule has 0 aliphatic carbocycles. The summed E-state index contributed by atoms with van der Waals surface area (Å²) in [4.78, 5) is 166. The number of anilines is 1. The van der Waals surface area contributed by atoms with Crippen molar-refractivity contribution in [2.24, 2.45) is 45.2 Å². The highest BCUT2D eigenvalue weighted by Gasteiger charge is 2.37. The molecule has 1 heterocycles. The third-order valence-corrected chi connectivity index (χ3v) is 15.7. The number of nitrogens with two attached hydrogens (primary N) is 3. The number of unbranched alkanes of at least 4 members (excludes halogenated alkanes) is 1. The van der Waals surface area contributed by atoms with Gasteiger partial charge in [-0.3, -0.25) is 57.5 Å². The zero-order valence-electron chi connectivity index (χ0n) is 54.6. The molecule has 0 aromatic heterocycles. The van der Waals surface area contributed by atoms with E-state index in [0.717, 1.165) is 6.07 Å². The van der Waals surface area contributed by atoms with Gasteiger partial charge in [-0.2, -0.15) is 0 Å². The zero-order chi connectivity index (χ0) is 69.6. The zero-order valence-corrected chi connectivity index (χ0v) is 54.6. The fraction of sp³-hybridized carbons (Fsp3) is 0.508. The number of hydrogen-bond donors (Lipinski definition) is 14. The van der Waals surface area contributed by atoms with Crippen LogP contribution in [0, 0.1) is 17.8 Å². The SMILES string of the molecule is CC[C@H](C)[C@@H]1NC(=O)[C@H](C)NC(=O)[C@@H](N)CCCNC(=O)[C@H](CCCCN)NC(=O)[C@H](Cc2ccc(O)cc2)NC(=O)C(=O)Nc2ccc(OC)c(c2)C(=O)N=NC(=O)[C@@H](N)/C=C/CNC(=O)[C@H](CC(C)C)NC(=O)[C@H](Cc2ccccc2)NC(=O)[C@H]([C@@H](C)CC)NC1=O. The van der Waals surface area contributed by atoms with Gasteiger partial charge in [-0.05, 0) is 111 Å². The van der Waals surface area contributed by atoms with Crippen LogP contribution in [-0.4, -0.2) is 157 Å². The van der Waals surface area contributed by atoms with Crippen molar-refractivity contribution < 1.29 is 67.4 Å². The summed E-state index contributed by atoms with van der Waals surface area (Å²) >= 11 is 0. The number of carbonyl (C=O) groups excluding carboxylic acids is 12. The Morgan fingerprint density at radius 3 is 1.79 bits per heavy atom. The molecule has 4 rings (SSSR count). The van der Waals surface area contributed by atoms with Crippen LogP contribution in [0.4, 0.5) is 5.69 Å². The van der Waals surface area contributed by atoms with E-state index in [4.69, 9.17) is 21.9 Å². The summed E-state index contributed by atoms with van der Waals surface area (Å²) in [5.41, 5.74) is 18.7. The maximum Gasteiger partial charge on any atom is 0.313 e. The van der Waals surface area contributed by atoms with Crippen molar-refractivity contribution in [3.63, 3.8) is 0 Å². The molecule has 29 heteroatoms. The Labute approximate surface area is 547 Å². The Bertz CT molecular complexity index is 3160. The second-order valence-corrected chi connectivity index (χ2v) is 23.6. The molecule has 0 unspecified atom stereocenters. The molecule has 12 amide bonds. The summed E-state index contributed by atoms with van der Waals surface area (Å²) in [5, 5.41) is 43.4. The van der Waals surface area contributed by atoms with E-state index in [1.807, 2.05) is 20.8 Å². The highest BCUT2D eigenvalue weighted by molar-refractivity contribution is 6.40. The number of fused-ring (bicyclic) bond motifs is 2. The molecule has 2 bridgehead atoms. The van der Waals surface area contributed by atoms with Gasteiger partial charge in [-0.25, -0.2) is 0 Å². The molecular weight excluding hydrogens is 1210 g/mol. The molecule has 0 radical (unpaired) electrons. The molecule has 0 spiro atoms. The van der Waals surface area contributed by atoms with E-state index in [0.29, 0.717) is 36.8 Å². The lowest BCUT2D eigenvalue weighted by molar-refractivity contribution is -0.138. The van der Waals surface area contributed by atoms with E-state index in [-0.39, 0.29) is 86.8 Å². The highest BCUT2D eigenvalue weighted by atomic mass is 16.5. The minimum Gasteiger partial charge on any atom is -0.508 e. The predicted molar refractivity (Wildman–Crippen MR) is 349 cm³/mol. The van der Waals surface area contributed by atoms with Crippen molar-refractivity contribution in [2.75, 3.05) is 32.1 Å². The van der Waals surface area contributed by atoms with Gasteiger partial charge in [0.05, 0.1) is 18.7 Å². The van der Waals surface area contributed by atoms with Gasteiger partial charge in [0.1, 0.15) is 59.8 Å². The van der Waals surface area contributed by atoms with Gasteiger partial charge in [0, 0.05) is 31.6 Å². The number of carbonyl (C=O) groups is 12. The number of rotatable bonds is 15. The quantitative estimate of drug-likeness (QED) is 0.0570. The maximum atomic E-state index is 14.5. The second kappa shape index (κ2) is 39.2. The Hall–Kier alpha value is -9.48. The monoisotopic (exact) mass is 1310 g/mol. The Morgan fingerprint density at radius 1 is 0.606 bits per heavy atom.